The highest BCUT2D eigenvalue weighted by atomic mass is 16.7. The first-order valence-corrected chi connectivity index (χ1v) is 5.88. The Morgan fingerprint density at radius 3 is 2.17 bits per heavy atom. The molecule has 6 nitrogen and oxygen atoms in total. The van der Waals surface area contributed by atoms with E-state index in [-0.39, 0.29) is 23.4 Å². The van der Waals surface area contributed by atoms with Gasteiger partial charge in [-0.25, -0.2) is 0 Å². The number of rotatable bonds is 7. The number of likely N-dealkylation sites (N-methyl/N-ethyl adjacent to an activating group) is 1. The molecule has 1 atom stereocenters. The summed E-state index contributed by atoms with van der Waals surface area (Å²) in [5.74, 6) is -4.01. The maximum atomic E-state index is 11.5. The molecule has 0 aromatic carbocycles. The van der Waals surface area contributed by atoms with Gasteiger partial charge in [0.25, 0.3) is 5.79 Å². The van der Waals surface area contributed by atoms with Gasteiger partial charge >= 0.3 is 5.97 Å². The van der Waals surface area contributed by atoms with Crippen molar-refractivity contribution in [1.82, 2.24) is 0 Å². The normalized spacial score (nSPS) is 15.3. The first kappa shape index (κ1) is 16.9. The molecule has 0 aromatic rings. The van der Waals surface area contributed by atoms with Gasteiger partial charge in [-0.1, -0.05) is 13.8 Å². The monoisotopic (exact) mass is 261 g/mol. The van der Waals surface area contributed by atoms with E-state index in [1.165, 1.54) is 0 Å². The molecular weight excluding hydrogens is 238 g/mol. The Balaban J connectivity index is 4.76. The Labute approximate surface area is 108 Å². The number of hydrogen-bond donors (Lipinski definition) is 1. The fraction of sp³-hybridized carbons (Fsp3) is 0.833. The van der Waals surface area contributed by atoms with Gasteiger partial charge in [0.15, 0.2) is 0 Å². The average Bonchev–Trinajstić information content (AvgIpc) is 1.92. The molecule has 6 heteroatoms. The van der Waals surface area contributed by atoms with E-state index in [9.17, 15) is 19.8 Å². The van der Waals surface area contributed by atoms with Gasteiger partial charge in [-0.3, -0.25) is 4.79 Å². The molecule has 18 heavy (non-hydrogen) atoms. The van der Waals surface area contributed by atoms with Crippen LogP contribution in [0, 0.1) is 5.92 Å². The summed E-state index contributed by atoms with van der Waals surface area (Å²) in [4.78, 5) is 22.2. The highest BCUT2D eigenvalue weighted by molar-refractivity contribution is 5.71. The van der Waals surface area contributed by atoms with Crippen LogP contribution in [-0.2, 0) is 14.3 Å². The third kappa shape index (κ3) is 8.03. The second kappa shape index (κ2) is 6.15. The van der Waals surface area contributed by atoms with Gasteiger partial charge < -0.3 is 24.2 Å². The van der Waals surface area contributed by atoms with E-state index in [0.29, 0.717) is 0 Å². The summed E-state index contributed by atoms with van der Waals surface area (Å²) in [6.45, 7) is 3.64. The van der Waals surface area contributed by atoms with Crippen LogP contribution in [0.5, 0.6) is 0 Å². The Hall–Kier alpha value is -1.14. The lowest BCUT2D eigenvalue weighted by molar-refractivity contribution is -0.880. The van der Waals surface area contributed by atoms with Crippen molar-refractivity contribution in [1.29, 1.82) is 0 Å². The molecule has 0 fully saturated rings. The van der Waals surface area contributed by atoms with Gasteiger partial charge in [0.2, 0.25) is 0 Å². The minimum absolute atomic E-state index is 0.0230. The quantitative estimate of drug-likeness (QED) is 0.365. The number of carbonyl (C=O) groups excluding carboxylic acids is 2. The van der Waals surface area contributed by atoms with Crippen LogP contribution in [0.2, 0.25) is 0 Å². The minimum atomic E-state index is -2.02. The van der Waals surface area contributed by atoms with E-state index in [4.69, 9.17) is 4.74 Å². The van der Waals surface area contributed by atoms with Crippen LogP contribution in [-0.4, -0.2) is 55.0 Å². The maximum absolute atomic E-state index is 11.5. The molecule has 0 saturated heterocycles. The molecule has 0 aromatic heterocycles. The fourth-order valence-electron chi connectivity index (χ4n) is 1.68. The largest absolute Gasteiger partial charge is 0.550 e. The number of hydrogen-bond acceptors (Lipinski definition) is 5. The standard InChI is InChI=1S/C12H23NO5/c1-9(2)6-11(16)18-12(17,7-10(14)15)8-13(3,4)5/h9,17H,6-8H2,1-5H3/t12-/m1/s1. The zero-order valence-corrected chi connectivity index (χ0v) is 11.7. The first-order chi connectivity index (χ1) is 7.93. The lowest BCUT2D eigenvalue weighted by atomic mass is 10.1. The third-order valence-corrected chi connectivity index (χ3v) is 2.02. The van der Waals surface area contributed by atoms with Crippen molar-refractivity contribution in [2.45, 2.75) is 32.5 Å². The highest BCUT2D eigenvalue weighted by Gasteiger charge is 2.38. The number of nitrogens with zero attached hydrogens (tertiary/aromatic N) is 1. The summed E-state index contributed by atoms with van der Waals surface area (Å²) in [6.07, 6.45) is -0.598. The number of aliphatic hydroxyl groups is 1. The van der Waals surface area contributed by atoms with E-state index in [1.807, 2.05) is 13.8 Å². The van der Waals surface area contributed by atoms with Gasteiger partial charge in [0.1, 0.15) is 6.54 Å². The average molecular weight is 261 g/mol. The van der Waals surface area contributed by atoms with Crippen molar-refractivity contribution in [3.8, 4) is 0 Å². The van der Waals surface area contributed by atoms with Crippen LogP contribution in [0.4, 0.5) is 0 Å². The predicted molar refractivity (Wildman–Crippen MR) is 63.0 cm³/mol. The van der Waals surface area contributed by atoms with Crippen LogP contribution in [0.25, 0.3) is 0 Å². The Bertz CT molecular complexity index is 308. The van der Waals surface area contributed by atoms with Crippen molar-refractivity contribution < 1.29 is 29.0 Å². The van der Waals surface area contributed by atoms with Gasteiger partial charge in [-0.15, -0.1) is 0 Å². The van der Waals surface area contributed by atoms with Crippen molar-refractivity contribution in [3.05, 3.63) is 0 Å². The zero-order valence-electron chi connectivity index (χ0n) is 11.7. The van der Waals surface area contributed by atoms with Crippen LogP contribution >= 0.6 is 0 Å². The molecule has 0 aliphatic carbocycles. The maximum Gasteiger partial charge on any atom is 0.308 e. The summed E-state index contributed by atoms with van der Waals surface area (Å²) in [6, 6.07) is 0. The molecule has 0 rings (SSSR count). The molecule has 0 saturated carbocycles. The molecule has 0 bridgehead atoms. The number of aliphatic carboxylic acids is 1. The number of carboxylic acids is 1. The SMILES string of the molecule is CC(C)CC(=O)O[C@](O)(CC(=O)[O-])C[N+](C)(C)C. The topological polar surface area (TPSA) is 86.7 Å². The lowest BCUT2D eigenvalue weighted by Gasteiger charge is -2.35. The Morgan fingerprint density at radius 2 is 1.83 bits per heavy atom. The summed E-state index contributed by atoms with van der Waals surface area (Å²) >= 11 is 0. The summed E-state index contributed by atoms with van der Waals surface area (Å²) in [7, 11) is 5.28. The summed E-state index contributed by atoms with van der Waals surface area (Å²) in [5, 5.41) is 20.8. The van der Waals surface area contributed by atoms with Crippen LogP contribution in [0.1, 0.15) is 26.7 Å². The van der Waals surface area contributed by atoms with Gasteiger partial charge in [0.05, 0.1) is 27.6 Å². The van der Waals surface area contributed by atoms with Crippen molar-refractivity contribution >= 4 is 11.9 Å². The van der Waals surface area contributed by atoms with E-state index >= 15 is 0 Å². The van der Waals surface area contributed by atoms with E-state index in [0.717, 1.165) is 0 Å². The van der Waals surface area contributed by atoms with Crippen molar-refractivity contribution in [2.24, 2.45) is 5.92 Å². The first-order valence-electron chi connectivity index (χ1n) is 5.88. The van der Waals surface area contributed by atoms with Gasteiger partial charge in [-0.2, -0.15) is 0 Å². The van der Waals surface area contributed by atoms with E-state index in [1.54, 1.807) is 21.1 Å². The van der Waals surface area contributed by atoms with Crippen LogP contribution in [0.3, 0.4) is 0 Å². The third-order valence-electron chi connectivity index (χ3n) is 2.02. The van der Waals surface area contributed by atoms with E-state index < -0.39 is 24.1 Å². The molecule has 0 aliphatic heterocycles. The van der Waals surface area contributed by atoms with Crippen molar-refractivity contribution in [3.63, 3.8) is 0 Å². The molecule has 0 radical (unpaired) electrons. The zero-order chi connectivity index (χ0) is 14.6. The molecule has 0 aliphatic rings. The molecule has 0 unspecified atom stereocenters. The second-order valence-corrected chi connectivity index (χ2v) is 6.02. The molecule has 0 spiro atoms. The van der Waals surface area contributed by atoms with Crippen LogP contribution in [0.15, 0.2) is 0 Å². The number of carboxylic acid groups (broad SMARTS) is 1. The second-order valence-electron chi connectivity index (χ2n) is 6.02. The van der Waals surface area contributed by atoms with Gasteiger partial charge in [0, 0.05) is 12.4 Å². The number of carbonyl (C=O) groups is 2. The summed E-state index contributed by atoms with van der Waals surface area (Å²) in [5.41, 5.74) is 0. The predicted octanol–water partition coefficient (Wildman–Crippen LogP) is -0.889. The van der Waals surface area contributed by atoms with E-state index in [2.05, 4.69) is 0 Å². The van der Waals surface area contributed by atoms with Crippen molar-refractivity contribution in [2.75, 3.05) is 27.7 Å². The Kier molecular flexibility index (Phi) is 5.76. The number of quaternary nitrogens is 1. The molecule has 1 N–H and O–H groups in total. The molecule has 0 amide bonds. The molecule has 0 heterocycles. The number of ether oxygens (including phenoxy) is 1. The highest BCUT2D eigenvalue weighted by Crippen LogP contribution is 2.18. The molecule has 106 valence electrons. The lowest BCUT2D eigenvalue weighted by Crippen LogP contribution is -2.54. The minimum Gasteiger partial charge on any atom is -0.550 e. The smallest absolute Gasteiger partial charge is 0.308 e. The number of esters is 1. The molecular formula is C12H23NO5. The Morgan fingerprint density at radius 1 is 1.33 bits per heavy atom. The summed E-state index contributed by atoms with van der Waals surface area (Å²) < 4.78 is 5.18. The fourth-order valence-corrected chi connectivity index (χ4v) is 1.68. The van der Waals surface area contributed by atoms with Crippen LogP contribution < -0.4 is 5.11 Å². The van der Waals surface area contributed by atoms with Gasteiger partial charge in [-0.05, 0) is 5.92 Å².